The third kappa shape index (κ3) is 5.18. The summed E-state index contributed by atoms with van der Waals surface area (Å²) in [6.45, 7) is 3.32. The van der Waals surface area contributed by atoms with E-state index >= 15 is 0 Å². The summed E-state index contributed by atoms with van der Waals surface area (Å²) < 4.78 is 43.3. The number of rotatable bonds is 7. The maximum atomic E-state index is 12.6. The Kier molecular flexibility index (Phi) is 6.40. The monoisotopic (exact) mass is 414 g/mol. The Bertz CT molecular complexity index is 1030. The fourth-order valence-corrected chi connectivity index (χ4v) is 2.68. The van der Waals surface area contributed by atoms with Crippen molar-refractivity contribution in [2.24, 2.45) is 13.0 Å². The van der Waals surface area contributed by atoms with Crippen LogP contribution >= 0.6 is 0 Å². The molecule has 0 aliphatic rings. The molecule has 0 unspecified atom stereocenters. The minimum atomic E-state index is -4.91. The van der Waals surface area contributed by atoms with Crippen molar-refractivity contribution in [2.45, 2.75) is 26.8 Å². The summed E-state index contributed by atoms with van der Waals surface area (Å²) in [5.41, 5.74) is 3.88. The average molecular weight is 414 g/mol. The topological polar surface area (TPSA) is 108 Å². The lowest BCUT2D eigenvalue weighted by Crippen LogP contribution is -2.43. The molecule has 0 spiro atoms. The number of halogens is 3. The number of benzene rings is 1. The van der Waals surface area contributed by atoms with E-state index in [4.69, 9.17) is 5.73 Å². The molecule has 1 aromatic heterocycles. The van der Waals surface area contributed by atoms with Gasteiger partial charge in [-0.2, -0.15) is 0 Å². The van der Waals surface area contributed by atoms with Gasteiger partial charge in [-0.25, -0.2) is 4.79 Å². The Morgan fingerprint density at radius 2 is 1.86 bits per heavy atom. The van der Waals surface area contributed by atoms with Crippen molar-refractivity contribution in [1.29, 1.82) is 0 Å². The smallest absolute Gasteiger partial charge is 0.404 e. The van der Waals surface area contributed by atoms with Crippen LogP contribution in [0.5, 0.6) is 5.75 Å². The lowest BCUT2D eigenvalue weighted by atomic mass is 10.1. The number of anilines is 2. The Balaban J connectivity index is 2.35. The second-order valence-corrected chi connectivity index (χ2v) is 6.73. The maximum absolute atomic E-state index is 12.6. The van der Waals surface area contributed by atoms with Crippen molar-refractivity contribution >= 4 is 17.3 Å². The molecule has 1 aromatic carbocycles. The summed E-state index contributed by atoms with van der Waals surface area (Å²) >= 11 is 0. The van der Waals surface area contributed by atoms with Crippen LogP contribution in [0.15, 0.2) is 33.9 Å². The molecule has 11 heteroatoms. The molecular formula is C18H21F3N4O4. The molecule has 0 bridgehead atoms. The van der Waals surface area contributed by atoms with Crippen LogP contribution in [0.3, 0.4) is 0 Å². The predicted octanol–water partition coefficient (Wildman–Crippen LogP) is 1.98. The number of nitrogens with zero attached hydrogens (tertiary/aromatic N) is 2. The summed E-state index contributed by atoms with van der Waals surface area (Å²) in [5.74, 6) is -1.57. The summed E-state index contributed by atoms with van der Waals surface area (Å²) in [7, 11) is 1.22. The molecule has 0 radical (unpaired) electrons. The van der Waals surface area contributed by atoms with Crippen LogP contribution in [0.1, 0.15) is 24.2 Å². The zero-order chi connectivity index (χ0) is 21.9. The Morgan fingerprint density at radius 3 is 2.45 bits per heavy atom. The highest BCUT2D eigenvalue weighted by Gasteiger charge is 2.32. The number of ether oxygens (including phenoxy) is 1. The summed E-state index contributed by atoms with van der Waals surface area (Å²) in [5, 5.41) is 2.52. The number of carbonyl (C=O) groups excluding carboxylic acids is 1. The number of aromatic nitrogens is 2. The number of hydrogen-bond acceptors (Lipinski definition) is 6. The van der Waals surface area contributed by atoms with Crippen LogP contribution < -0.4 is 27.0 Å². The number of alkyl halides is 3. The molecule has 8 nitrogen and oxygen atoms in total. The fraction of sp³-hybridized carbons (Fsp3) is 0.389. The van der Waals surface area contributed by atoms with E-state index in [9.17, 15) is 27.6 Å². The van der Waals surface area contributed by atoms with Gasteiger partial charge in [0.15, 0.2) is 11.5 Å². The van der Waals surface area contributed by atoms with Gasteiger partial charge in [-0.15, -0.1) is 13.2 Å². The highest BCUT2D eigenvalue weighted by Crippen LogP contribution is 2.29. The van der Waals surface area contributed by atoms with Gasteiger partial charge < -0.3 is 15.8 Å². The molecule has 0 saturated carbocycles. The van der Waals surface area contributed by atoms with Gasteiger partial charge in [0.2, 0.25) is 0 Å². The van der Waals surface area contributed by atoms with Crippen molar-refractivity contribution in [1.82, 2.24) is 9.13 Å². The van der Waals surface area contributed by atoms with Crippen molar-refractivity contribution in [3.63, 3.8) is 0 Å². The Morgan fingerprint density at radius 1 is 1.24 bits per heavy atom. The van der Waals surface area contributed by atoms with E-state index in [0.29, 0.717) is 0 Å². The largest absolute Gasteiger partial charge is 0.573 e. The van der Waals surface area contributed by atoms with Gasteiger partial charge in [0, 0.05) is 13.6 Å². The van der Waals surface area contributed by atoms with Crippen molar-refractivity contribution in [2.75, 3.05) is 17.6 Å². The van der Waals surface area contributed by atoms with Gasteiger partial charge in [-0.1, -0.05) is 26.0 Å². The third-order valence-electron chi connectivity index (χ3n) is 3.96. The fourth-order valence-electron chi connectivity index (χ4n) is 2.68. The zero-order valence-electron chi connectivity index (χ0n) is 16.0. The average Bonchev–Trinajstić information content (AvgIpc) is 2.61. The van der Waals surface area contributed by atoms with E-state index in [-0.39, 0.29) is 24.0 Å². The molecule has 2 aromatic rings. The molecule has 2 rings (SSSR count). The van der Waals surface area contributed by atoms with Crippen LogP contribution in [-0.2, 0) is 13.6 Å². The van der Waals surface area contributed by atoms with Gasteiger partial charge in [-0.3, -0.25) is 18.7 Å². The van der Waals surface area contributed by atoms with Gasteiger partial charge in [0.25, 0.3) is 5.56 Å². The van der Waals surface area contributed by atoms with Crippen LogP contribution in [0.4, 0.5) is 24.7 Å². The molecule has 0 saturated heterocycles. The van der Waals surface area contributed by atoms with Crippen molar-refractivity contribution in [3.05, 3.63) is 50.7 Å². The third-order valence-corrected chi connectivity index (χ3v) is 3.96. The number of ketones is 1. The second kappa shape index (κ2) is 8.41. The number of Topliss-reactive ketones (excluding diaryl/α,β-unsaturated/α-hetero) is 1. The molecule has 1 heterocycles. The molecule has 0 aliphatic heterocycles. The maximum Gasteiger partial charge on any atom is 0.573 e. The van der Waals surface area contributed by atoms with E-state index in [1.807, 2.05) is 13.8 Å². The predicted molar refractivity (Wildman–Crippen MR) is 101 cm³/mol. The number of carbonyl (C=O) groups is 1. The minimum absolute atomic E-state index is 0.0139. The van der Waals surface area contributed by atoms with E-state index in [1.165, 1.54) is 25.2 Å². The zero-order valence-corrected chi connectivity index (χ0v) is 16.0. The number of nitrogen functional groups attached to an aromatic ring is 1. The molecular weight excluding hydrogens is 393 g/mol. The Labute approximate surface area is 163 Å². The lowest BCUT2D eigenvalue weighted by molar-refractivity contribution is -0.274. The molecule has 158 valence electrons. The summed E-state index contributed by atoms with van der Waals surface area (Å²) in [6, 6.07) is 5.15. The number of para-hydroxylation sites is 2. The van der Waals surface area contributed by atoms with E-state index in [0.717, 1.165) is 15.2 Å². The number of nitrogens with two attached hydrogens (primary N) is 1. The van der Waals surface area contributed by atoms with Crippen LogP contribution in [0.2, 0.25) is 0 Å². The van der Waals surface area contributed by atoms with Crippen molar-refractivity contribution < 1.29 is 22.7 Å². The summed E-state index contributed by atoms with van der Waals surface area (Å²) in [6.07, 6.45) is -4.91. The molecule has 0 aliphatic carbocycles. The van der Waals surface area contributed by atoms with E-state index in [2.05, 4.69) is 10.1 Å². The van der Waals surface area contributed by atoms with Gasteiger partial charge >= 0.3 is 12.1 Å². The van der Waals surface area contributed by atoms with Crippen molar-refractivity contribution in [3.8, 4) is 5.75 Å². The Hall–Kier alpha value is -3.24. The minimum Gasteiger partial charge on any atom is -0.404 e. The molecule has 0 atom stereocenters. The first-order valence-electron chi connectivity index (χ1n) is 8.63. The molecule has 0 fully saturated rings. The quantitative estimate of drug-likeness (QED) is 0.671. The lowest BCUT2D eigenvalue weighted by Gasteiger charge is -2.17. The highest BCUT2D eigenvalue weighted by molar-refractivity contribution is 6.02. The van der Waals surface area contributed by atoms with Crippen LogP contribution in [0.25, 0.3) is 0 Å². The standard InChI is InChI=1S/C18H21F3N4O4/c1-10(2)9-25-15(22)14(16(27)24(3)17(25)28)12(26)8-23-11-6-4-5-7-13(11)29-18(19,20)21/h4-7,10,23H,8-9,22H2,1-3H3. The first-order chi connectivity index (χ1) is 13.4. The van der Waals surface area contributed by atoms with Crippen LogP contribution in [0, 0.1) is 5.92 Å². The summed E-state index contributed by atoms with van der Waals surface area (Å²) in [4.78, 5) is 37.3. The highest BCUT2D eigenvalue weighted by atomic mass is 19.4. The normalized spacial score (nSPS) is 11.6. The number of nitrogens with one attached hydrogen (secondary N) is 1. The molecule has 3 N–H and O–H groups in total. The van der Waals surface area contributed by atoms with Gasteiger partial charge in [-0.05, 0) is 18.1 Å². The second-order valence-electron chi connectivity index (χ2n) is 6.73. The van der Waals surface area contributed by atoms with Gasteiger partial charge in [0.1, 0.15) is 11.4 Å². The number of hydrogen-bond donors (Lipinski definition) is 2. The van der Waals surface area contributed by atoms with E-state index in [1.54, 1.807) is 0 Å². The SMILES string of the molecule is CC(C)Cn1c(N)c(C(=O)CNc2ccccc2OC(F)(F)F)c(=O)n(C)c1=O. The van der Waals surface area contributed by atoms with Gasteiger partial charge in [0.05, 0.1) is 12.2 Å². The first kappa shape index (κ1) is 22.1. The van der Waals surface area contributed by atoms with Crippen LogP contribution in [-0.4, -0.2) is 27.8 Å². The molecule has 29 heavy (non-hydrogen) atoms. The van der Waals surface area contributed by atoms with E-state index < -0.39 is 41.3 Å². The molecule has 0 amide bonds. The first-order valence-corrected chi connectivity index (χ1v) is 8.63.